The van der Waals surface area contributed by atoms with Crippen molar-refractivity contribution in [1.82, 2.24) is 4.90 Å². The lowest BCUT2D eigenvalue weighted by atomic mass is 9.93. The van der Waals surface area contributed by atoms with Gasteiger partial charge < -0.3 is 9.64 Å². The SMILES string of the molecule is CC.COC(=O)N1CCC(C)(C)C1. The van der Waals surface area contributed by atoms with Gasteiger partial charge in [0.25, 0.3) is 0 Å². The lowest BCUT2D eigenvalue weighted by molar-refractivity contribution is 0.129. The van der Waals surface area contributed by atoms with Crippen LogP contribution in [0.25, 0.3) is 0 Å². The fourth-order valence-corrected chi connectivity index (χ4v) is 1.40. The summed E-state index contributed by atoms with van der Waals surface area (Å²) < 4.78 is 4.61. The van der Waals surface area contributed by atoms with E-state index in [0.717, 1.165) is 19.5 Å². The maximum atomic E-state index is 11.0. The van der Waals surface area contributed by atoms with Crippen LogP contribution in [0.2, 0.25) is 0 Å². The molecule has 1 fully saturated rings. The number of carbonyl (C=O) groups excluding carboxylic acids is 1. The molecule has 0 aliphatic carbocycles. The van der Waals surface area contributed by atoms with Crippen LogP contribution in [0.1, 0.15) is 34.1 Å². The summed E-state index contributed by atoms with van der Waals surface area (Å²) in [5.41, 5.74) is 0.272. The quantitative estimate of drug-likeness (QED) is 0.583. The molecular weight excluding hydrogens is 166 g/mol. The first-order valence-electron chi connectivity index (χ1n) is 4.88. The Morgan fingerprint density at radius 3 is 2.23 bits per heavy atom. The van der Waals surface area contributed by atoms with Crippen molar-refractivity contribution in [3.8, 4) is 0 Å². The number of nitrogens with zero attached hydrogens (tertiary/aromatic N) is 1. The smallest absolute Gasteiger partial charge is 0.409 e. The van der Waals surface area contributed by atoms with Gasteiger partial charge in [-0.1, -0.05) is 27.7 Å². The lowest BCUT2D eigenvalue weighted by Crippen LogP contribution is -2.29. The Hall–Kier alpha value is -0.730. The highest BCUT2D eigenvalue weighted by atomic mass is 16.5. The van der Waals surface area contributed by atoms with Gasteiger partial charge in [0, 0.05) is 13.1 Å². The second-order valence-corrected chi connectivity index (χ2v) is 3.81. The summed E-state index contributed by atoms with van der Waals surface area (Å²) in [5.74, 6) is 0. The van der Waals surface area contributed by atoms with E-state index in [0.29, 0.717) is 0 Å². The molecule has 0 spiro atoms. The highest BCUT2D eigenvalue weighted by Gasteiger charge is 2.32. The number of rotatable bonds is 0. The number of amides is 1. The molecule has 0 radical (unpaired) electrons. The minimum Gasteiger partial charge on any atom is -0.453 e. The lowest BCUT2D eigenvalue weighted by Gasteiger charge is -2.18. The highest BCUT2D eigenvalue weighted by Crippen LogP contribution is 2.28. The van der Waals surface area contributed by atoms with Crippen molar-refractivity contribution in [3.05, 3.63) is 0 Å². The summed E-state index contributed by atoms with van der Waals surface area (Å²) in [7, 11) is 1.42. The predicted molar refractivity (Wildman–Crippen MR) is 53.7 cm³/mol. The maximum Gasteiger partial charge on any atom is 0.409 e. The molecular formula is C10H21NO2. The van der Waals surface area contributed by atoms with E-state index in [2.05, 4.69) is 18.6 Å². The number of hydrogen-bond donors (Lipinski definition) is 0. The third-order valence-electron chi connectivity index (χ3n) is 2.11. The van der Waals surface area contributed by atoms with Crippen LogP contribution in [-0.4, -0.2) is 31.2 Å². The molecule has 1 heterocycles. The Labute approximate surface area is 81.1 Å². The Balaban J connectivity index is 0.000000671. The number of hydrogen-bond acceptors (Lipinski definition) is 2. The average molecular weight is 187 g/mol. The third kappa shape index (κ3) is 3.66. The van der Waals surface area contributed by atoms with E-state index in [9.17, 15) is 4.79 Å². The summed E-state index contributed by atoms with van der Waals surface area (Å²) >= 11 is 0. The molecule has 0 bridgehead atoms. The Morgan fingerprint density at radius 1 is 1.38 bits per heavy atom. The molecule has 0 aromatic carbocycles. The average Bonchev–Trinajstić information content (AvgIpc) is 2.48. The third-order valence-corrected chi connectivity index (χ3v) is 2.11. The van der Waals surface area contributed by atoms with Crippen LogP contribution in [0.3, 0.4) is 0 Å². The van der Waals surface area contributed by atoms with Crippen LogP contribution in [0, 0.1) is 5.41 Å². The largest absolute Gasteiger partial charge is 0.453 e. The van der Waals surface area contributed by atoms with Crippen molar-refractivity contribution in [3.63, 3.8) is 0 Å². The summed E-state index contributed by atoms with van der Waals surface area (Å²) in [6.07, 6.45) is 0.873. The molecule has 3 nitrogen and oxygen atoms in total. The van der Waals surface area contributed by atoms with Crippen LogP contribution in [-0.2, 0) is 4.74 Å². The number of methoxy groups -OCH3 is 1. The number of likely N-dealkylation sites (tertiary alicyclic amines) is 1. The fourth-order valence-electron chi connectivity index (χ4n) is 1.40. The van der Waals surface area contributed by atoms with Crippen molar-refractivity contribution >= 4 is 6.09 Å². The van der Waals surface area contributed by atoms with Crippen molar-refractivity contribution < 1.29 is 9.53 Å². The zero-order chi connectivity index (χ0) is 10.5. The van der Waals surface area contributed by atoms with E-state index in [-0.39, 0.29) is 11.5 Å². The standard InChI is InChI=1S/C8H15NO2.C2H6/c1-8(2)4-5-9(6-8)7(10)11-3;1-2/h4-6H2,1-3H3;1-2H3. The molecule has 13 heavy (non-hydrogen) atoms. The van der Waals surface area contributed by atoms with E-state index >= 15 is 0 Å². The first kappa shape index (κ1) is 12.3. The highest BCUT2D eigenvalue weighted by molar-refractivity contribution is 5.67. The van der Waals surface area contributed by atoms with E-state index in [1.807, 2.05) is 13.8 Å². The van der Waals surface area contributed by atoms with Gasteiger partial charge in [-0.05, 0) is 11.8 Å². The topological polar surface area (TPSA) is 29.5 Å². The molecule has 1 aliphatic rings. The molecule has 1 aliphatic heterocycles. The minimum absolute atomic E-state index is 0.199. The summed E-state index contributed by atoms with van der Waals surface area (Å²) in [4.78, 5) is 12.8. The number of ether oxygens (including phenoxy) is 1. The van der Waals surface area contributed by atoms with Gasteiger partial charge in [-0.2, -0.15) is 0 Å². The Kier molecular flexibility index (Phi) is 4.81. The van der Waals surface area contributed by atoms with Crippen molar-refractivity contribution in [2.24, 2.45) is 5.41 Å². The normalized spacial score (nSPS) is 19.0. The first-order chi connectivity index (χ1) is 6.05. The fraction of sp³-hybridized carbons (Fsp3) is 0.900. The molecule has 0 aromatic rings. The van der Waals surface area contributed by atoms with E-state index in [1.165, 1.54) is 7.11 Å². The second kappa shape index (κ2) is 5.10. The van der Waals surface area contributed by atoms with Gasteiger partial charge in [0.15, 0.2) is 0 Å². The molecule has 1 saturated heterocycles. The van der Waals surface area contributed by atoms with Crippen molar-refractivity contribution in [1.29, 1.82) is 0 Å². The monoisotopic (exact) mass is 187 g/mol. The second-order valence-electron chi connectivity index (χ2n) is 3.81. The van der Waals surface area contributed by atoms with Gasteiger partial charge >= 0.3 is 6.09 Å². The van der Waals surface area contributed by atoms with E-state index in [1.54, 1.807) is 4.90 Å². The van der Waals surface area contributed by atoms with Crippen LogP contribution < -0.4 is 0 Å². The summed E-state index contributed by atoms with van der Waals surface area (Å²) in [6.45, 7) is 9.98. The molecule has 0 aromatic heterocycles. The van der Waals surface area contributed by atoms with Gasteiger partial charge in [0.05, 0.1) is 7.11 Å². The van der Waals surface area contributed by atoms with Crippen molar-refractivity contribution in [2.45, 2.75) is 34.1 Å². The molecule has 1 rings (SSSR count). The van der Waals surface area contributed by atoms with Crippen LogP contribution in [0.15, 0.2) is 0 Å². The van der Waals surface area contributed by atoms with Gasteiger partial charge in [-0.3, -0.25) is 0 Å². The molecule has 0 saturated carbocycles. The molecule has 1 amide bonds. The van der Waals surface area contributed by atoms with Gasteiger partial charge in [-0.15, -0.1) is 0 Å². The number of carbonyl (C=O) groups is 1. The summed E-state index contributed by atoms with van der Waals surface area (Å²) in [6, 6.07) is 0. The zero-order valence-corrected chi connectivity index (χ0v) is 9.39. The van der Waals surface area contributed by atoms with Crippen molar-refractivity contribution in [2.75, 3.05) is 20.2 Å². The molecule has 78 valence electrons. The van der Waals surface area contributed by atoms with Crippen LogP contribution in [0.5, 0.6) is 0 Å². The summed E-state index contributed by atoms with van der Waals surface area (Å²) in [5, 5.41) is 0. The Morgan fingerprint density at radius 2 is 1.92 bits per heavy atom. The molecule has 0 N–H and O–H groups in total. The van der Waals surface area contributed by atoms with Crippen LogP contribution >= 0.6 is 0 Å². The molecule has 0 atom stereocenters. The molecule has 3 heteroatoms. The predicted octanol–water partition coefficient (Wildman–Crippen LogP) is 2.51. The minimum atomic E-state index is -0.199. The van der Waals surface area contributed by atoms with Gasteiger partial charge in [0.2, 0.25) is 0 Å². The zero-order valence-electron chi connectivity index (χ0n) is 9.39. The first-order valence-corrected chi connectivity index (χ1v) is 4.88. The molecule has 0 unspecified atom stereocenters. The van der Waals surface area contributed by atoms with E-state index < -0.39 is 0 Å². The van der Waals surface area contributed by atoms with E-state index in [4.69, 9.17) is 0 Å². The van der Waals surface area contributed by atoms with Gasteiger partial charge in [-0.25, -0.2) is 4.79 Å². The maximum absolute atomic E-state index is 11.0. The Bertz CT molecular complexity index is 166. The van der Waals surface area contributed by atoms with Gasteiger partial charge in [0.1, 0.15) is 0 Å². The van der Waals surface area contributed by atoms with Crippen LogP contribution in [0.4, 0.5) is 4.79 Å².